The number of aliphatic hydroxyl groups is 2. The quantitative estimate of drug-likeness (QED) is 0.0199. The summed E-state index contributed by atoms with van der Waals surface area (Å²) in [6.45, 7) is 9.96. The Labute approximate surface area is 561 Å². The molecule has 12 N–H and O–H groups in total. The van der Waals surface area contributed by atoms with Crippen LogP contribution in [0, 0.1) is 0 Å². The zero-order chi connectivity index (χ0) is 68.5. The number of nitrogens with one attached hydrogen (secondary N) is 6. The summed E-state index contributed by atoms with van der Waals surface area (Å²) in [6.07, 6.45) is 9.00. The van der Waals surface area contributed by atoms with Crippen LogP contribution >= 0.6 is 22.7 Å². The average Bonchev–Trinajstić information content (AvgIpc) is 1.66. The Hall–Kier alpha value is -10.2. The molecule has 96 heavy (non-hydrogen) atoms. The lowest BCUT2D eigenvalue weighted by molar-refractivity contribution is -0.143. The van der Waals surface area contributed by atoms with Crippen molar-refractivity contribution in [2.45, 2.75) is 102 Å². The molecule has 26 heteroatoms. The third-order valence-electron chi connectivity index (χ3n) is 14.9. The molecule has 5 aromatic carbocycles. The third kappa shape index (κ3) is 22.8. The van der Waals surface area contributed by atoms with Gasteiger partial charge in [0.15, 0.2) is 5.82 Å². The summed E-state index contributed by atoms with van der Waals surface area (Å²) in [6, 6.07) is 45.3. The Morgan fingerprint density at radius 2 is 1.08 bits per heavy atom. The number of aliphatic carboxylic acids is 4. The molecule has 0 bridgehead atoms. The molecule has 0 spiro atoms. The number of thiophene rings is 2. The molecule has 0 aliphatic carbocycles. The number of carbonyl (C=O) groups is 4. The zero-order valence-electron chi connectivity index (χ0n) is 53.4. The lowest BCUT2D eigenvalue weighted by atomic mass is 9.93. The second-order valence-corrected chi connectivity index (χ2v) is 25.5. The monoisotopic (exact) mass is 1340 g/mol. The highest BCUT2D eigenvalue weighted by Crippen LogP contribution is 2.35. The van der Waals surface area contributed by atoms with Gasteiger partial charge in [0, 0.05) is 84.8 Å². The van der Waals surface area contributed by atoms with Crippen LogP contribution in [0.15, 0.2) is 157 Å². The topological polar surface area (TPSA) is 373 Å². The number of β-amino-alcohol motifs (C(OH)–C–C–N with tert-alkyl or cyclic N) is 2. The normalized spacial score (nSPS) is 12.0. The van der Waals surface area contributed by atoms with E-state index in [1.54, 1.807) is 22.7 Å². The average molecular weight is 1340 g/mol. The van der Waals surface area contributed by atoms with Gasteiger partial charge in [-0.05, 0) is 151 Å². The predicted molar refractivity (Wildman–Crippen MR) is 370 cm³/mol. The van der Waals surface area contributed by atoms with Crippen LogP contribution in [0.4, 0.5) is 0 Å². The number of fused-ring (bicyclic) bond motifs is 2. The predicted octanol–water partition coefficient (Wildman–Crippen LogP) is 11.0. The van der Waals surface area contributed by atoms with E-state index in [1.165, 1.54) is 38.5 Å². The van der Waals surface area contributed by atoms with E-state index in [0.717, 1.165) is 74.7 Å². The van der Waals surface area contributed by atoms with E-state index in [1.807, 2.05) is 78.9 Å². The maximum absolute atomic E-state index is 10.7. The Bertz CT molecular complexity index is 4170. The van der Waals surface area contributed by atoms with Gasteiger partial charge < -0.3 is 60.7 Å². The molecular formula is C70H78N12O12S2. The molecule has 502 valence electrons. The fraction of sp³-hybridized carbons (Fsp3) is 0.286. The van der Waals surface area contributed by atoms with Gasteiger partial charge in [0.05, 0.1) is 25.7 Å². The molecule has 0 fully saturated rings. The Morgan fingerprint density at radius 3 is 1.59 bits per heavy atom. The molecule has 11 rings (SSSR count). The minimum absolute atomic E-state index is 0.220. The molecule has 0 saturated heterocycles. The van der Waals surface area contributed by atoms with Crippen molar-refractivity contribution >= 4 is 80.5 Å². The van der Waals surface area contributed by atoms with Crippen LogP contribution in [0.2, 0.25) is 0 Å². The molecule has 6 heterocycles. The molecule has 0 saturated carbocycles. The number of aromatic amines is 4. The molecule has 2 atom stereocenters. The highest BCUT2D eigenvalue weighted by atomic mass is 32.1. The number of tetrazole rings is 2. The van der Waals surface area contributed by atoms with Gasteiger partial charge in [0.25, 0.3) is 0 Å². The Balaban J connectivity index is 0.000000201. The molecule has 24 nitrogen and oxygen atoms in total. The number of aryl methyl sites for hydroxylation is 2. The molecule has 0 aliphatic heterocycles. The Kier molecular flexibility index (Phi) is 26.4. The number of aromatic nitrogens is 10. The van der Waals surface area contributed by atoms with E-state index in [9.17, 15) is 29.4 Å². The summed E-state index contributed by atoms with van der Waals surface area (Å²) in [5, 5.41) is 94.7. The summed E-state index contributed by atoms with van der Waals surface area (Å²) < 4.78 is 12.0. The van der Waals surface area contributed by atoms with E-state index in [4.69, 9.17) is 29.9 Å². The minimum atomic E-state index is -1.08. The first kappa shape index (κ1) is 71.6. The molecule has 0 amide bonds. The number of hydrogen-bond donors (Lipinski definition) is 12. The number of ether oxygens (including phenoxy) is 2. The van der Waals surface area contributed by atoms with Gasteiger partial charge in [-0.3, -0.25) is 19.2 Å². The van der Waals surface area contributed by atoms with Crippen LogP contribution in [-0.2, 0) is 44.9 Å². The van der Waals surface area contributed by atoms with Crippen LogP contribution in [0.1, 0.15) is 87.0 Å². The van der Waals surface area contributed by atoms with Crippen LogP contribution in [-0.4, -0.2) is 155 Å². The first-order valence-electron chi connectivity index (χ1n) is 30.8. The molecule has 0 unspecified atom stereocenters. The number of aliphatic hydroxyl groups excluding tert-OH is 2. The van der Waals surface area contributed by atoms with Gasteiger partial charge in [-0.25, -0.2) is 0 Å². The lowest BCUT2D eigenvalue weighted by Gasteiger charge is -2.28. The largest absolute Gasteiger partial charge is 0.490 e. The van der Waals surface area contributed by atoms with Crippen molar-refractivity contribution in [3.05, 3.63) is 190 Å². The second kappa shape index (κ2) is 35.3. The summed E-state index contributed by atoms with van der Waals surface area (Å²) in [4.78, 5) is 47.8. The maximum Gasteiger partial charge on any atom is 0.303 e. The molecule has 6 aromatic heterocycles. The minimum Gasteiger partial charge on any atom is -0.490 e. The van der Waals surface area contributed by atoms with Crippen molar-refractivity contribution in [3.63, 3.8) is 0 Å². The Morgan fingerprint density at radius 1 is 0.552 bits per heavy atom. The zero-order valence-corrected chi connectivity index (χ0v) is 55.1. The van der Waals surface area contributed by atoms with E-state index >= 15 is 0 Å². The van der Waals surface area contributed by atoms with Gasteiger partial charge in [-0.1, -0.05) is 97.1 Å². The highest BCUT2D eigenvalue weighted by Gasteiger charge is 2.24. The lowest BCUT2D eigenvalue weighted by Crippen LogP contribution is -2.46. The number of carboxylic acids is 4. The maximum atomic E-state index is 10.7. The number of hydrogen-bond acceptors (Lipinski definition) is 18. The molecular weight excluding hydrogens is 1260 g/mol. The van der Waals surface area contributed by atoms with Crippen molar-refractivity contribution in [1.82, 2.24) is 61.8 Å². The smallest absolute Gasteiger partial charge is 0.303 e. The summed E-state index contributed by atoms with van der Waals surface area (Å²) in [5.41, 5.74) is 11.0. The van der Waals surface area contributed by atoms with E-state index in [-0.39, 0.29) is 50.0 Å². The van der Waals surface area contributed by atoms with Crippen molar-refractivity contribution in [3.8, 4) is 43.8 Å². The standard InChI is InChI=1S/C34H36N6O2S.C28H30N6O2S.2C4H6O4/c1-34(2,36-21-27(41)22-42-30-10-4-3-8-29(30)31-11-6-18-43-31)19-26-20-35-32-24(7-5-9-28(26)32)15-12-23-13-16-25(17-14-23)33-37-39-40-38-33;1-28(2,30-17-21(35)18-36-25-7-4-3-6-23(25)26-8-5-13-37-26)15-20-16-29-24-14-19(9-11-22(20)24)10-12-27-31-33-34-32-27;2*5-3(6)1-2-4(7)8/h3-11,13-14,16-18,20,27,35-36,41H,12,15,19,21-22H2,1-2H3,(H,37,38,39,40);3-14,16,21,29-30,35H,15,17-18H2,1-2H3,(H,31,32,33,34);2*1-2H2,(H,5,6)(H,7,8)/b;12-10+;;/t27-;21-;;/m00../s1. The van der Waals surface area contributed by atoms with Crippen molar-refractivity contribution in [1.29, 1.82) is 0 Å². The van der Waals surface area contributed by atoms with Gasteiger partial charge in [0.1, 0.15) is 36.9 Å². The summed E-state index contributed by atoms with van der Waals surface area (Å²) in [7, 11) is 0. The van der Waals surface area contributed by atoms with Crippen LogP contribution in [0.25, 0.3) is 66.2 Å². The summed E-state index contributed by atoms with van der Waals surface area (Å²) >= 11 is 3.35. The molecule has 11 aromatic rings. The van der Waals surface area contributed by atoms with Crippen LogP contribution in [0.5, 0.6) is 11.5 Å². The molecule has 0 aliphatic rings. The van der Waals surface area contributed by atoms with Gasteiger partial charge in [-0.2, -0.15) is 10.4 Å². The number of H-pyrrole nitrogens is 4. The fourth-order valence-corrected chi connectivity index (χ4v) is 11.6. The van der Waals surface area contributed by atoms with Crippen LogP contribution in [0.3, 0.4) is 0 Å². The first-order valence-corrected chi connectivity index (χ1v) is 32.6. The van der Waals surface area contributed by atoms with Gasteiger partial charge in [-0.15, -0.1) is 43.1 Å². The fourth-order valence-electron chi connectivity index (χ4n) is 10.1. The number of nitrogens with zero attached hydrogens (tertiary/aromatic N) is 6. The summed E-state index contributed by atoms with van der Waals surface area (Å²) in [5.74, 6) is -1.59. The number of benzene rings is 5. The van der Waals surface area contributed by atoms with E-state index < -0.39 is 36.1 Å². The van der Waals surface area contributed by atoms with E-state index in [2.05, 4.69) is 179 Å². The van der Waals surface area contributed by atoms with Crippen molar-refractivity contribution in [2.24, 2.45) is 0 Å². The SMILES string of the molecule is CC(C)(Cc1c[nH]c2c(CCc3ccc(-c4nn[nH]n4)cc3)cccc12)NC[C@H](O)COc1ccccc1-c1cccs1.CC(C)(Cc1c[nH]c2cc(/C=C/c3nn[nH]n3)ccc12)NC[C@H](O)COc1ccccc1-c1cccs1.O=C(O)CCC(=O)O.O=C(O)CCC(=O)O. The number of rotatable bonds is 30. The number of para-hydroxylation sites is 3. The highest BCUT2D eigenvalue weighted by molar-refractivity contribution is 7.13. The van der Waals surface area contributed by atoms with Crippen molar-refractivity contribution in [2.75, 3.05) is 26.3 Å². The number of carboxylic acid groups (broad SMARTS) is 4. The first-order chi connectivity index (χ1) is 46.2. The third-order valence-corrected chi connectivity index (χ3v) is 16.7. The second-order valence-electron chi connectivity index (χ2n) is 23.6. The van der Waals surface area contributed by atoms with E-state index in [0.29, 0.717) is 24.7 Å². The van der Waals surface area contributed by atoms with Gasteiger partial charge in [0.2, 0.25) is 5.82 Å². The van der Waals surface area contributed by atoms with Gasteiger partial charge >= 0.3 is 23.9 Å². The van der Waals surface area contributed by atoms with Crippen molar-refractivity contribution < 1.29 is 59.3 Å². The van der Waals surface area contributed by atoms with Crippen LogP contribution < -0.4 is 20.1 Å². The molecule has 0 radical (unpaired) electrons.